The van der Waals surface area contributed by atoms with E-state index >= 15 is 0 Å². The highest BCUT2D eigenvalue weighted by Crippen LogP contribution is 2.30. The van der Waals surface area contributed by atoms with Crippen LogP contribution in [0.5, 0.6) is 0 Å². The van der Waals surface area contributed by atoms with E-state index in [1.54, 1.807) is 11.3 Å². The Kier molecular flexibility index (Phi) is 4.08. The van der Waals surface area contributed by atoms with E-state index < -0.39 is 5.60 Å². The van der Waals surface area contributed by atoms with Gasteiger partial charge in [0.25, 0.3) is 0 Å². The summed E-state index contributed by atoms with van der Waals surface area (Å²) in [5, 5.41) is 12.8. The fourth-order valence-corrected chi connectivity index (χ4v) is 3.59. The quantitative estimate of drug-likeness (QED) is 0.926. The SMILES string of the molecule is OC1(CCc2cccs2)CCN(c2ccccc2)CC1. The van der Waals surface area contributed by atoms with E-state index in [0.29, 0.717) is 0 Å². The third-order valence-corrected chi connectivity index (χ3v) is 5.17. The minimum absolute atomic E-state index is 0.477. The minimum Gasteiger partial charge on any atom is -0.390 e. The van der Waals surface area contributed by atoms with Crippen molar-refractivity contribution in [3.8, 4) is 0 Å². The van der Waals surface area contributed by atoms with Crippen molar-refractivity contribution >= 4 is 17.0 Å². The molecule has 1 fully saturated rings. The zero-order chi connectivity index (χ0) is 13.8. The van der Waals surface area contributed by atoms with Crippen LogP contribution in [-0.4, -0.2) is 23.8 Å². The number of thiophene rings is 1. The maximum Gasteiger partial charge on any atom is 0.0684 e. The topological polar surface area (TPSA) is 23.5 Å². The molecule has 1 aromatic carbocycles. The van der Waals surface area contributed by atoms with Gasteiger partial charge in [0.2, 0.25) is 0 Å². The molecule has 20 heavy (non-hydrogen) atoms. The molecule has 0 unspecified atom stereocenters. The van der Waals surface area contributed by atoms with E-state index in [1.807, 2.05) is 6.07 Å². The molecule has 1 aliphatic heterocycles. The molecule has 0 bridgehead atoms. The van der Waals surface area contributed by atoms with Crippen molar-refractivity contribution in [2.24, 2.45) is 0 Å². The Hall–Kier alpha value is -1.32. The highest BCUT2D eigenvalue weighted by atomic mass is 32.1. The molecule has 2 aromatic rings. The Balaban J connectivity index is 1.54. The fourth-order valence-electron chi connectivity index (χ4n) is 2.88. The van der Waals surface area contributed by atoms with Gasteiger partial charge < -0.3 is 10.0 Å². The van der Waals surface area contributed by atoms with Crippen molar-refractivity contribution in [3.05, 3.63) is 52.7 Å². The average molecular weight is 287 g/mol. The number of hydrogen-bond donors (Lipinski definition) is 1. The zero-order valence-corrected chi connectivity index (χ0v) is 12.5. The Labute approximate surface area is 124 Å². The molecule has 0 amide bonds. The molecular weight excluding hydrogens is 266 g/mol. The third-order valence-electron chi connectivity index (χ3n) is 4.23. The molecule has 0 saturated carbocycles. The van der Waals surface area contributed by atoms with E-state index in [4.69, 9.17) is 0 Å². The van der Waals surface area contributed by atoms with Crippen LogP contribution in [0.4, 0.5) is 5.69 Å². The number of aliphatic hydroxyl groups is 1. The predicted molar refractivity (Wildman–Crippen MR) is 85.5 cm³/mol. The number of nitrogens with zero attached hydrogens (tertiary/aromatic N) is 1. The van der Waals surface area contributed by atoms with Gasteiger partial charge in [0.05, 0.1) is 5.60 Å². The monoisotopic (exact) mass is 287 g/mol. The van der Waals surface area contributed by atoms with Crippen LogP contribution < -0.4 is 4.90 Å². The smallest absolute Gasteiger partial charge is 0.0684 e. The highest BCUT2D eigenvalue weighted by Gasteiger charge is 2.31. The lowest BCUT2D eigenvalue weighted by Gasteiger charge is -2.39. The number of anilines is 1. The van der Waals surface area contributed by atoms with Gasteiger partial charge in [-0.15, -0.1) is 11.3 Å². The first-order valence-corrected chi connectivity index (χ1v) is 8.18. The normalized spacial score (nSPS) is 18.1. The summed E-state index contributed by atoms with van der Waals surface area (Å²) in [6.07, 6.45) is 3.62. The maximum absolute atomic E-state index is 10.7. The summed E-state index contributed by atoms with van der Waals surface area (Å²) in [6, 6.07) is 14.7. The summed E-state index contributed by atoms with van der Waals surface area (Å²) in [4.78, 5) is 3.75. The molecule has 0 atom stereocenters. The molecule has 3 heteroatoms. The summed E-state index contributed by atoms with van der Waals surface area (Å²) >= 11 is 1.79. The minimum atomic E-state index is -0.477. The van der Waals surface area contributed by atoms with Gasteiger partial charge in [0.15, 0.2) is 0 Å². The van der Waals surface area contributed by atoms with Crippen LogP contribution in [-0.2, 0) is 6.42 Å². The summed E-state index contributed by atoms with van der Waals surface area (Å²) in [5.41, 5.74) is 0.794. The number of hydrogen-bond acceptors (Lipinski definition) is 3. The van der Waals surface area contributed by atoms with Crippen LogP contribution >= 0.6 is 11.3 Å². The Morgan fingerprint density at radius 1 is 1.05 bits per heavy atom. The number of aryl methyl sites for hydroxylation is 1. The van der Waals surface area contributed by atoms with E-state index in [1.165, 1.54) is 10.6 Å². The van der Waals surface area contributed by atoms with Crippen LogP contribution in [0, 0.1) is 0 Å². The first kappa shape index (κ1) is 13.7. The molecule has 2 nitrogen and oxygen atoms in total. The van der Waals surface area contributed by atoms with Gasteiger partial charge in [-0.25, -0.2) is 0 Å². The second kappa shape index (κ2) is 5.98. The van der Waals surface area contributed by atoms with Crippen molar-refractivity contribution < 1.29 is 5.11 Å². The number of benzene rings is 1. The van der Waals surface area contributed by atoms with Gasteiger partial charge in [0.1, 0.15) is 0 Å². The average Bonchev–Trinajstić information content (AvgIpc) is 3.01. The Morgan fingerprint density at radius 3 is 2.45 bits per heavy atom. The predicted octanol–water partition coefficient (Wildman–Crippen LogP) is 3.71. The molecule has 3 rings (SSSR count). The largest absolute Gasteiger partial charge is 0.390 e. The molecular formula is C17H21NOS. The molecule has 0 aliphatic carbocycles. The molecule has 0 spiro atoms. The molecule has 2 heterocycles. The lowest BCUT2D eigenvalue weighted by atomic mass is 9.86. The lowest BCUT2D eigenvalue weighted by molar-refractivity contribution is 0.00848. The number of para-hydroxylation sites is 1. The summed E-state index contributed by atoms with van der Waals surface area (Å²) < 4.78 is 0. The number of piperidine rings is 1. The molecule has 1 aliphatic rings. The second-order valence-corrected chi connectivity index (χ2v) is 6.66. The molecule has 1 N–H and O–H groups in total. The van der Waals surface area contributed by atoms with Crippen molar-refractivity contribution in [1.82, 2.24) is 0 Å². The summed E-state index contributed by atoms with van der Waals surface area (Å²) in [7, 11) is 0. The van der Waals surface area contributed by atoms with Gasteiger partial charge in [0, 0.05) is 23.7 Å². The van der Waals surface area contributed by atoms with Gasteiger partial charge in [-0.05, 0) is 49.3 Å². The van der Waals surface area contributed by atoms with Gasteiger partial charge in [-0.3, -0.25) is 0 Å². The Bertz CT molecular complexity index is 515. The van der Waals surface area contributed by atoms with E-state index in [0.717, 1.165) is 38.8 Å². The third kappa shape index (κ3) is 3.22. The van der Waals surface area contributed by atoms with Gasteiger partial charge in [-0.2, -0.15) is 0 Å². The van der Waals surface area contributed by atoms with Crippen LogP contribution in [0.1, 0.15) is 24.1 Å². The second-order valence-electron chi connectivity index (χ2n) is 5.63. The van der Waals surface area contributed by atoms with E-state index in [9.17, 15) is 5.11 Å². The van der Waals surface area contributed by atoms with Crippen molar-refractivity contribution in [1.29, 1.82) is 0 Å². The van der Waals surface area contributed by atoms with Gasteiger partial charge >= 0.3 is 0 Å². The van der Waals surface area contributed by atoms with Crippen LogP contribution in [0.2, 0.25) is 0 Å². The Morgan fingerprint density at radius 2 is 1.80 bits per heavy atom. The standard InChI is InChI=1S/C17H21NOS/c19-17(9-8-16-7-4-14-20-16)10-12-18(13-11-17)15-5-2-1-3-6-15/h1-7,14,19H,8-13H2. The van der Waals surface area contributed by atoms with Crippen LogP contribution in [0.3, 0.4) is 0 Å². The summed E-state index contributed by atoms with van der Waals surface area (Å²) in [5.74, 6) is 0. The molecule has 1 saturated heterocycles. The van der Waals surface area contributed by atoms with Crippen LogP contribution in [0.15, 0.2) is 47.8 Å². The molecule has 1 aromatic heterocycles. The maximum atomic E-state index is 10.7. The van der Waals surface area contributed by atoms with Crippen molar-refractivity contribution in [3.63, 3.8) is 0 Å². The highest BCUT2D eigenvalue weighted by molar-refractivity contribution is 7.09. The fraction of sp³-hybridized carbons (Fsp3) is 0.412. The molecule has 0 radical (unpaired) electrons. The van der Waals surface area contributed by atoms with Gasteiger partial charge in [-0.1, -0.05) is 24.3 Å². The van der Waals surface area contributed by atoms with Crippen molar-refractivity contribution in [2.45, 2.75) is 31.3 Å². The van der Waals surface area contributed by atoms with E-state index in [-0.39, 0.29) is 0 Å². The first-order chi connectivity index (χ1) is 9.75. The first-order valence-electron chi connectivity index (χ1n) is 7.30. The van der Waals surface area contributed by atoms with E-state index in [2.05, 4.69) is 46.7 Å². The molecule has 106 valence electrons. The lowest BCUT2D eigenvalue weighted by Crippen LogP contribution is -2.44. The number of rotatable bonds is 4. The summed E-state index contributed by atoms with van der Waals surface area (Å²) in [6.45, 7) is 1.90. The van der Waals surface area contributed by atoms with Crippen LogP contribution in [0.25, 0.3) is 0 Å². The zero-order valence-electron chi connectivity index (χ0n) is 11.7. The van der Waals surface area contributed by atoms with Crippen molar-refractivity contribution in [2.75, 3.05) is 18.0 Å².